The molecule has 0 bridgehead atoms. The Morgan fingerprint density at radius 1 is 0.378 bits per heavy atom. The first-order valence-corrected chi connectivity index (χ1v) is 35.2. The molecule has 0 radical (unpaired) electrons. The molecule has 6 aromatic rings. The van der Waals surface area contributed by atoms with Crippen molar-refractivity contribution in [2.45, 2.75) is 265 Å². The van der Waals surface area contributed by atoms with Gasteiger partial charge in [0.25, 0.3) is 0 Å². The van der Waals surface area contributed by atoms with Gasteiger partial charge in [0.15, 0.2) is 18.3 Å². The fourth-order valence-corrected chi connectivity index (χ4v) is 7.30. The van der Waals surface area contributed by atoms with Crippen LogP contribution < -0.4 is 18.9 Å². The van der Waals surface area contributed by atoms with E-state index in [0.29, 0.717) is 26.2 Å². The number of aromatic nitrogens is 2. The molecule has 514 valence electrons. The van der Waals surface area contributed by atoms with Gasteiger partial charge in [-0.25, -0.2) is 4.98 Å². The van der Waals surface area contributed by atoms with Crippen LogP contribution in [0.4, 0.5) is 0 Å². The molecule has 12 rings (SSSR count). The molecule has 5 aliphatic heterocycles. The monoisotopic (exact) mass is 1250 g/mol. The van der Waals surface area contributed by atoms with E-state index in [9.17, 15) is 0 Å². The largest absolute Gasteiger partial charge is 0.493 e. The summed E-state index contributed by atoms with van der Waals surface area (Å²) in [6.07, 6.45) is 14.3. The van der Waals surface area contributed by atoms with Crippen molar-refractivity contribution in [2.75, 3.05) is 20.2 Å². The first-order valence-electron chi connectivity index (χ1n) is 35.2. The van der Waals surface area contributed by atoms with E-state index in [1.165, 1.54) is 36.0 Å². The predicted molar refractivity (Wildman–Crippen MR) is 401 cm³/mol. The lowest BCUT2D eigenvalue weighted by atomic mass is 10.1. The predicted octanol–water partition coefficient (Wildman–Crippen LogP) is 24.9. The summed E-state index contributed by atoms with van der Waals surface area (Å²) < 4.78 is 27.9. The number of rotatable bonds is 1. The number of fused-ring (bicyclic) bond motifs is 6. The molecule has 0 atom stereocenters. The van der Waals surface area contributed by atoms with Crippen molar-refractivity contribution in [3.05, 3.63) is 179 Å². The van der Waals surface area contributed by atoms with Gasteiger partial charge in [0.05, 0.1) is 13.2 Å². The Hall–Kier alpha value is -5.83. The molecule has 0 saturated carbocycles. The van der Waals surface area contributed by atoms with Crippen LogP contribution in [0.3, 0.4) is 0 Å². The fraction of sp³-hybridized carbons (Fsp3) is 0.573. The first kappa shape index (κ1) is 92.9. The summed E-state index contributed by atoms with van der Waals surface area (Å²) in [5, 5.41) is 0. The first-order chi connectivity index (χ1) is 43.3. The van der Waals surface area contributed by atoms with Crippen LogP contribution in [0.5, 0.6) is 23.0 Å². The molecule has 0 unspecified atom stereocenters. The summed E-state index contributed by atoms with van der Waals surface area (Å²) in [4.78, 5) is 6.62. The quantitative estimate of drug-likeness (QED) is 0.162. The van der Waals surface area contributed by atoms with E-state index in [-0.39, 0.29) is 0 Å². The summed E-state index contributed by atoms with van der Waals surface area (Å²) in [6, 6.07) is 41.8. The summed E-state index contributed by atoms with van der Waals surface area (Å²) in [5.74, 6) is 8.96. The van der Waals surface area contributed by atoms with Gasteiger partial charge < -0.3 is 28.3 Å². The summed E-state index contributed by atoms with van der Waals surface area (Å²) >= 11 is 0. The van der Waals surface area contributed by atoms with Gasteiger partial charge in [0.1, 0.15) is 17.3 Å². The number of benzene rings is 5. The van der Waals surface area contributed by atoms with Crippen LogP contribution in [0.15, 0.2) is 140 Å². The molecule has 0 spiro atoms. The van der Waals surface area contributed by atoms with Crippen LogP contribution in [0.25, 0.3) is 6.08 Å². The van der Waals surface area contributed by atoms with Crippen LogP contribution in [0.1, 0.15) is 253 Å². The molecule has 0 fully saturated rings. The molecule has 8 nitrogen and oxygen atoms in total. The number of hydrogen-bond donors (Lipinski definition) is 0. The van der Waals surface area contributed by atoms with Gasteiger partial charge >= 0.3 is 0 Å². The van der Waals surface area contributed by atoms with Crippen LogP contribution in [0, 0.1) is 29.6 Å². The number of para-hydroxylation sites is 4. The summed E-state index contributed by atoms with van der Waals surface area (Å²) in [5.41, 5.74) is 8.62. The van der Waals surface area contributed by atoms with Gasteiger partial charge in [-0.05, 0) is 127 Å². The molecule has 6 heterocycles. The molecular formula is C82H141N3O5. The number of aryl methyl sites for hydroxylation is 3. The van der Waals surface area contributed by atoms with Gasteiger partial charge in [-0.3, -0.25) is 4.90 Å². The SMILES string of the molecule is C1=Cc2nccn2CC1.CC.CC.CC.CC.CC.CC.CC(C)C.CC(C)C.CC(C)C.CC(C)C.CC(C)C.CC(C)N1Cc2ccccc2C1.c1ccc2c(c1)CCC2.c1ccc2c(c1)CCO2.c1ccc2c(c1)COCO2.c1ccc2c(c1)OCO2. The number of allylic oxidation sites excluding steroid dienone is 1. The number of imidazole rings is 1. The van der Waals surface area contributed by atoms with E-state index in [0.717, 1.165) is 103 Å². The molecule has 90 heavy (non-hydrogen) atoms. The molecular weight excluding hydrogens is 1110 g/mol. The zero-order chi connectivity index (χ0) is 69.7. The maximum absolute atomic E-state index is 5.30. The third kappa shape index (κ3) is 50.9. The Morgan fingerprint density at radius 3 is 1.10 bits per heavy atom. The smallest absolute Gasteiger partial charge is 0.231 e. The van der Waals surface area contributed by atoms with E-state index >= 15 is 0 Å². The van der Waals surface area contributed by atoms with Crippen molar-refractivity contribution in [1.82, 2.24) is 14.5 Å². The van der Waals surface area contributed by atoms with Gasteiger partial charge in [0, 0.05) is 50.1 Å². The minimum Gasteiger partial charge on any atom is -0.493 e. The second-order valence-corrected chi connectivity index (χ2v) is 23.5. The third-order valence-corrected chi connectivity index (χ3v) is 10.6. The Balaban J connectivity index is -0.000000295. The highest BCUT2D eigenvalue weighted by atomic mass is 16.7. The minimum absolute atomic E-state index is 0.360. The van der Waals surface area contributed by atoms with Crippen molar-refractivity contribution in [1.29, 1.82) is 0 Å². The molecule has 8 heteroatoms. The molecule has 1 aliphatic carbocycles. The number of ether oxygens (including phenoxy) is 5. The average Bonchev–Trinajstić information content (AvgIpc) is 2.31. The second-order valence-electron chi connectivity index (χ2n) is 23.5. The molecule has 0 saturated heterocycles. The maximum atomic E-state index is 5.30. The standard InChI is InChI=1S/C11H15N.C9H10.C8H8O2.C8H8O.C7H8N2.C7H6O2.5C4H10.6C2H6/c1-9(2)12-7-10-5-3-4-6-11(10)8-12;1-2-5-9-7-3-6-8(9)4-1;1-2-4-8-7(3-1)5-9-6-10-8;1-2-4-8-7(3-1)5-6-9-8;1-2-5-9-6-4-8-7(9)3-1;1-2-4-7-6(3-1)8-5-9-7;5*1-4(2)3;6*1-2/h3-6,9H,7-8H2,1-2H3;1-2,4-5H,3,6-7H2;1-4H,5-6H2;1-4H,5-6H2;1,3-4,6H,2,5H2;1-4H,5H2;5*4H,1-3H3;6*1-2H3. The maximum Gasteiger partial charge on any atom is 0.231 e. The highest BCUT2D eigenvalue weighted by Gasteiger charge is 2.19. The van der Waals surface area contributed by atoms with Gasteiger partial charge in [-0.2, -0.15) is 0 Å². The van der Waals surface area contributed by atoms with Gasteiger partial charge in [0.2, 0.25) is 6.79 Å². The fourth-order valence-electron chi connectivity index (χ4n) is 7.30. The van der Waals surface area contributed by atoms with E-state index in [1.807, 2.05) is 162 Å². The Labute approximate surface area is 558 Å². The Morgan fingerprint density at radius 2 is 0.722 bits per heavy atom. The molecule has 5 aromatic carbocycles. The van der Waals surface area contributed by atoms with E-state index in [4.69, 9.17) is 23.7 Å². The van der Waals surface area contributed by atoms with E-state index < -0.39 is 0 Å². The van der Waals surface area contributed by atoms with Crippen LogP contribution in [-0.2, 0) is 50.2 Å². The lowest BCUT2D eigenvalue weighted by Crippen LogP contribution is -2.24. The van der Waals surface area contributed by atoms with Crippen molar-refractivity contribution >= 4 is 6.08 Å². The van der Waals surface area contributed by atoms with Crippen molar-refractivity contribution in [3.63, 3.8) is 0 Å². The van der Waals surface area contributed by atoms with Crippen LogP contribution in [-0.4, -0.2) is 40.7 Å². The second kappa shape index (κ2) is 64.7. The average molecular weight is 1250 g/mol. The van der Waals surface area contributed by atoms with Crippen molar-refractivity contribution in [3.8, 4) is 23.0 Å². The minimum atomic E-state index is 0.360. The highest BCUT2D eigenvalue weighted by molar-refractivity contribution is 5.42. The van der Waals surface area contributed by atoms with E-state index in [1.54, 1.807) is 11.1 Å². The summed E-state index contributed by atoms with van der Waals surface area (Å²) in [6.45, 7) is 66.6. The topological polar surface area (TPSA) is 67.2 Å². The lowest BCUT2D eigenvalue weighted by molar-refractivity contribution is -0.0163. The lowest BCUT2D eigenvalue weighted by Gasteiger charge is -2.18. The Kier molecular flexibility index (Phi) is 66.8. The Bertz CT molecular complexity index is 2190. The number of nitrogens with zero attached hydrogens (tertiary/aromatic N) is 3. The third-order valence-electron chi connectivity index (χ3n) is 10.6. The zero-order valence-corrected chi connectivity index (χ0v) is 63.7. The molecule has 0 amide bonds. The highest BCUT2D eigenvalue weighted by Crippen LogP contribution is 2.30. The molecule has 6 aliphatic rings. The van der Waals surface area contributed by atoms with Crippen LogP contribution >= 0.6 is 0 Å². The van der Waals surface area contributed by atoms with E-state index in [2.05, 4.69) is 199 Å². The van der Waals surface area contributed by atoms with Crippen molar-refractivity contribution in [2.24, 2.45) is 29.6 Å². The van der Waals surface area contributed by atoms with Crippen molar-refractivity contribution < 1.29 is 23.7 Å². The van der Waals surface area contributed by atoms with Gasteiger partial charge in [-0.1, -0.05) is 290 Å². The van der Waals surface area contributed by atoms with Crippen LogP contribution in [0.2, 0.25) is 0 Å². The molecule has 0 N–H and O–H groups in total. The van der Waals surface area contributed by atoms with Gasteiger partial charge in [-0.15, -0.1) is 0 Å². The summed E-state index contributed by atoms with van der Waals surface area (Å²) in [7, 11) is 0. The normalized spacial score (nSPS) is 12.3. The molecule has 1 aromatic heterocycles. The number of hydrogen-bond acceptors (Lipinski definition) is 7. The zero-order valence-electron chi connectivity index (χ0n) is 63.7.